The van der Waals surface area contributed by atoms with Crippen molar-refractivity contribution >= 4 is 23.5 Å². The van der Waals surface area contributed by atoms with Gasteiger partial charge in [-0.15, -0.1) is 0 Å². The zero-order chi connectivity index (χ0) is 15.0. The molecule has 1 unspecified atom stereocenters. The molecule has 1 rings (SSSR count). The van der Waals surface area contributed by atoms with Crippen LogP contribution in [0.5, 0.6) is 0 Å². The molecular weight excluding hydrogens is 282 g/mol. The summed E-state index contributed by atoms with van der Waals surface area (Å²) in [5, 5.41) is 12.2. The number of amides is 1. The van der Waals surface area contributed by atoms with E-state index in [0.717, 1.165) is 0 Å². The number of carbonyl (C=O) groups is 2. The van der Waals surface area contributed by atoms with E-state index >= 15 is 0 Å². The monoisotopic (exact) mass is 299 g/mol. The second kappa shape index (κ2) is 8.55. The van der Waals surface area contributed by atoms with Crippen molar-refractivity contribution < 1.29 is 19.4 Å². The molecule has 1 amide bonds. The molecule has 20 heavy (non-hydrogen) atoms. The number of halogens is 1. The van der Waals surface area contributed by atoms with Gasteiger partial charge in [0.25, 0.3) is 0 Å². The lowest BCUT2D eigenvalue weighted by molar-refractivity contribution is -0.142. The van der Waals surface area contributed by atoms with Crippen LogP contribution in [0.1, 0.15) is 31.4 Å². The zero-order valence-electron chi connectivity index (χ0n) is 11.3. The molecule has 6 heteroatoms. The quantitative estimate of drug-likeness (QED) is 0.723. The first-order valence-electron chi connectivity index (χ1n) is 6.40. The Balaban J connectivity index is 2.57. The SMILES string of the molecule is CCOCCCC(=O)NC(C(=O)O)c1ccc(Cl)cc1. The summed E-state index contributed by atoms with van der Waals surface area (Å²) in [4.78, 5) is 22.9. The minimum absolute atomic E-state index is 0.234. The average molecular weight is 300 g/mol. The van der Waals surface area contributed by atoms with Gasteiger partial charge in [0.2, 0.25) is 5.91 Å². The van der Waals surface area contributed by atoms with Crippen molar-refractivity contribution in [2.45, 2.75) is 25.8 Å². The van der Waals surface area contributed by atoms with E-state index in [1.807, 2.05) is 6.92 Å². The lowest BCUT2D eigenvalue weighted by atomic mass is 10.1. The first kappa shape index (κ1) is 16.5. The second-order valence-electron chi connectivity index (χ2n) is 4.19. The van der Waals surface area contributed by atoms with E-state index in [9.17, 15) is 14.7 Å². The third-order valence-electron chi connectivity index (χ3n) is 2.65. The van der Waals surface area contributed by atoms with Crippen molar-refractivity contribution in [1.29, 1.82) is 0 Å². The number of hydrogen-bond acceptors (Lipinski definition) is 3. The van der Waals surface area contributed by atoms with Crippen LogP contribution in [-0.4, -0.2) is 30.2 Å². The summed E-state index contributed by atoms with van der Waals surface area (Å²) in [5.74, 6) is -1.42. The maximum atomic E-state index is 11.7. The Bertz CT molecular complexity index is 447. The molecule has 1 aromatic carbocycles. The molecule has 5 nitrogen and oxygen atoms in total. The molecule has 0 saturated carbocycles. The summed E-state index contributed by atoms with van der Waals surface area (Å²) in [5.41, 5.74) is 0.486. The lowest BCUT2D eigenvalue weighted by Crippen LogP contribution is -2.33. The fourth-order valence-electron chi connectivity index (χ4n) is 1.66. The standard InChI is InChI=1S/C14H18ClNO4/c1-2-20-9-3-4-12(17)16-13(14(18)19)10-5-7-11(15)8-6-10/h5-8,13H,2-4,9H2,1H3,(H,16,17)(H,18,19). The summed E-state index contributed by atoms with van der Waals surface area (Å²) in [6.45, 7) is 2.97. The van der Waals surface area contributed by atoms with Crippen LogP contribution < -0.4 is 5.32 Å². The molecule has 0 aromatic heterocycles. The van der Waals surface area contributed by atoms with Crippen molar-refractivity contribution in [3.8, 4) is 0 Å². The Morgan fingerprint density at radius 2 is 2.00 bits per heavy atom. The molecular formula is C14H18ClNO4. The van der Waals surface area contributed by atoms with Gasteiger partial charge in [-0.3, -0.25) is 4.79 Å². The van der Waals surface area contributed by atoms with Crippen molar-refractivity contribution in [3.05, 3.63) is 34.9 Å². The maximum Gasteiger partial charge on any atom is 0.330 e. The van der Waals surface area contributed by atoms with E-state index in [-0.39, 0.29) is 12.3 Å². The molecule has 0 fully saturated rings. The number of benzene rings is 1. The predicted molar refractivity (Wildman–Crippen MR) is 75.7 cm³/mol. The van der Waals surface area contributed by atoms with Crippen LogP contribution >= 0.6 is 11.6 Å². The summed E-state index contributed by atoms with van der Waals surface area (Å²) >= 11 is 5.75. The number of carboxylic acids is 1. The molecule has 2 N–H and O–H groups in total. The first-order chi connectivity index (χ1) is 9.54. The van der Waals surface area contributed by atoms with Crippen molar-refractivity contribution in [2.75, 3.05) is 13.2 Å². The molecule has 110 valence electrons. The average Bonchev–Trinajstić information content (AvgIpc) is 2.42. The zero-order valence-corrected chi connectivity index (χ0v) is 12.0. The Hall–Kier alpha value is -1.59. The van der Waals surface area contributed by atoms with Gasteiger partial charge in [0.05, 0.1) is 0 Å². The predicted octanol–water partition coefficient (Wildman–Crippen LogP) is 2.40. The molecule has 0 spiro atoms. The van der Waals surface area contributed by atoms with Gasteiger partial charge in [-0.2, -0.15) is 0 Å². The van der Waals surface area contributed by atoms with E-state index < -0.39 is 12.0 Å². The van der Waals surface area contributed by atoms with Gasteiger partial charge in [-0.05, 0) is 31.0 Å². The lowest BCUT2D eigenvalue weighted by Gasteiger charge is -2.15. The summed E-state index contributed by atoms with van der Waals surface area (Å²) in [6, 6.07) is 5.29. The number of carboxylic acid groups (broad SMARTS) is 1. The Morgan fingerprint density at radius 3 is 2.55 bits per heavy atom. The van der Waals surface area contributed by atoms with Gasteiger partial charge in [0.15, 0.2) is 6.04 Å². The minimum atomic E-state index is -1.11. The van der Waals surface area contributed by atoms with Gasteiger partial charge < -0.3 is 15.2 Å². The molecule has 0 radical (unpaired) electrons. The highest BCUT2D eigenvalue weighted by molar-refractivity contribution is 6.30. The van der Waals surface area contributed by atoms with Crippen LogP contribution in [0.3, 0.4) is 0 Å². The van der Waals surface area contributed by atoms with Crippen molar-refractivity contribution in [2.24, 2.45) is 0 Å². The molecule has 0 saturated heterocycles. The van der Waals surface area contributed by atoms with Gasteiger partial charge in [0.1, 0.15) is 0 Å². The van der Waals surface area contributed by atoms with Crippen LogP contribution in [-0.2, 0) is 14.3 Å². The Kier molecular flexibility index (Phi) is 7.04. The topological polar surface area (TPSA) is 75.6 Å². The number of rotatable bonds is 8. The largest absolute Gasteiger partial charge is 0.479 e. The minimum Gasteiger partial charge on any atom is -0.479 e. The maximum absolute atomic E-state index is 11.7. The summed E-state index contributed by atoms with van der Waals surface area (Å²) in [7, 11) is 0. The third-order valence-corrected chi connectivity index (χ3v) is 2.90. The number of nitrogens with one attached hydrogen (secondary N) is 1. The second-order valence-corrected chi connectivity index (χ2v) is 4.63. The molecule has 0 bridgehead atoms. The smallest absolute Gasteiger partial charge is 0.330 e. The van der Waals surface area contributed by atoms with Crippen molar-refractivity contribution in [1.82, 2.24) is 5.32 Å². The molecule has 1 atom stereocenters. The van der Waals surface area contributed by atoms with Gasteiger partial charge in [0, 0.05) is 24.7 Å². The summed E-state index contributed by atoms with van der Waals surface area (Å²) < 4.78 is 5.12. The van der Waals surface area contributed by atoms with Crippen LogP contribution in [0.2, 0.25) is 5.02 Å². The van der Waals surface area contributed by atoms with E-state index in [4.69, 9.17) is 16.3 Å². The summed E-state index contributed by atoms with van der Waals surface area (Å²) in [6.07, 6.45) is 0.796. The normalized spacial score (nSPS) is 11.9. The molecule has 0 aliphatic carbocycles. The fraction of sp³-hybridized carbons (Fsp3) is 0.429. The number of aliphatic carboxylic acids is 1. The Morgan fingerprint density at radius 1 is 1.35 bits per heavy atom. The van der Waals surface area contributed by atoms with E-state index in [1.54, 1.807) is 24.3 Å². The molecule has 0 aliphatic rings. The Labute approximate surface area is 122 Å². The van der Waals surface area contributed by atoms with Crippen molar-refractivity contribution in [3.63, 3.8) is 0 Å². The van der Waals surface area contributed by atoms with E-state index in [2.05, 4.69) is 5.32 Å². The molecule has 1 aromatic rings. The van der Waals surface area contributed by atoms with Crippen LogP contribution in [0, 0.1) is 0 Å². The molecule has 0 aliphatic heterocycles. The van der Waals surface area contributed by atoms with Gasteiger partial charge in [-0.25, -0.2) is 4.79 Å². The fourth-order valence-corrected chi connectivity index (χ4v) is 1.78. The highest BCUT2D eigenvalue weighted by Gasteiger charge is 2.21. The number of hydrogen-bond donors (Lipinski definition) is 2. The highest BCUT2D eigenvalue weighted by Crippen LogP contribution is 2.17. The van der Waals surface area contributed by atoms with Crippen LogP contribution in [0.25, 0.3) is 0 Å². The van der Waals surface area contributed by atoms with Crippen LogP contribution in [0.4, 0.5) is 0 Å². The molecule has 0 heterocycles. The highest BCUT2D eigenvalue weighted by atomic mass is 35.5. The van der Waals surface area contributed by atoms with Gasteiger partial charge >= 0.3 is 5.97 Å². The number of carbonyl (C=O) groups excluding carboxylic acids is 1. The van der Waals surface area contributed by atoms with Gasteiger partial charge in [-0.1, -0.05) is 23.7 Å². The first-order valence-corrected chi connectivity index (χ1v) is 6.77. The third kappa shape index (κ3) is 5.59. The van der Waals surface area contributed by atoms with E-state index in [0.29, 0.717) is 30.2 Å². The van der Waals surface area contributed by atoms with E-state index in [1.165, 1.54) is 0 Å². The number of ether oxygens (including phenoxy) is 1. The van der Waals surface area contributed by atoms with Crippen LogP contribution in [0.15, 0.2) is 24.3 Å².